The number of hydrazine groups is 1. The SMILES string of the molecule is CC.CCNc1ccc([C@H](c2ccc(C)c(CN3C[C@@H](CC)OC4=C(C=CCN4)S3(=O)=O)c2)C(C)(C)C(=O)N[C@@H]2CCOC2)c(C)c1NN.[HH]. The monoisotopic (exact) mass is 698 g/mol. The molecule has 1 saturated heterocycles. The number of nitrogens with one attached hydrogen (secondary N) is 4. The van der Waals surface area contributed by atoms with Gasteiger partial charge in [-0.1, -0.05) is 65.0 Å². The molecule has 2 aromatic rings. The van der Waals surface area contributed by atoms with Crippen LogP contribution in [0, 0.1) is 19.3 Å². The number of anilines is 2. The summed E-state index contributed by atoms with van der Waals surface area (Å²) in [6.45, 7) is 18.7. The number of aryl methyl sites for hydroxylation is 1. The molecule has 11 nitrogen and oxygen atoms in total. The molecule has 1 fully saturated rings. The van der Waals surface area contributed by atoms with Crippen LogP contribution in [0.15, 0.2) is 53.3 Å². The van der Waals surface area contributed by atoms with E-state index >= 15 is 0 Å². The van der Waals surface area contributed by atoms with Crippen LogP contribution in [0.3, 0.4) is 0 Å². The predicted molar refractivity (Wildman–Crippen MR) is 199 cm³/mol. The van der Waals surface area contributed by atoms with Crippen LogP contribution in [0.1, 0.15) is 89.5 Å². The fourth-order valence-electron chi connectivity index (χ4n) is 6.74. The summed E-state index contributed by atoms with van der Waals surface area (Å²) in [5.41, 5.74) is 8.23. The van der Waals surface area contributed by atoms with E-state index in [0.29, 0.717) is 32.1 Å². The molecule has 1 amide bonds. The molecule has 0 aliphatic carbocycles. The highest BCUT2D eigenvalue weighted by Gasteiger charge is 2.42. The molecule has 3 heterocycles. The molecule has 0 bridgehead atoms. The Hall–Kier alpha value is -3.58. The number of nitrogen functional groups attached to an aromatic ring is 1. The van der Waals surface area contributed by atoms with E-state index in [4.69, 9.17) is 15.3 Å². The van der Waals surface area contributed by atoms with Crippen molar-refractivity contribution in [2.24, 2.45) is 11.3 Å². The summed E-state index contributed by atoms with van der Waals surface area (Å²) in [5, 5.41) is 9.69. The number of allylic oxidation sites excluding steroid dienone is 1. The number of dihydropyridines is 1. The van der Waals surface area contributed by atoms with Gasteiger partial charge in [-0.15, -0.1) is 0 Å². The number of nitrogens with two attached hydrogens (primary N) is 1. The zero-order valence-electron chi connectivity index (χ0n) is 30.4. The molecule has 49 heavy (non-hydrogen) atoms. The van der Waals surface area contributed by atoms with E-state index in [1.54, 1.807) is 12.2 Å². The van der Waals surface area contributed by atoms with Crippen LogP contribution < -0.4 is 27.2 Å². The normalized spacial score (nSPS) is 20.9. The highest BCUT2D eigenvalue weighted by molar-refractivity contribution is 7.93. The molecule has 0 saturated carbocycles. The number of nitrogens with zero attached hydrogens (tertiary/aromatic N) is 1. The van der Waals surface area contributed by atoms with E-state index in [0.717, 1.165) is 52.2 Å². The van der Waals surface area contributed by atoms with Crippen LogP contribution >= 0.6 is 0 Å². The van der Waals surface area contributed by atoms with Crippen LogP contribution in [0.2, 0.25) is 0 Å². The fourth-order valence-corrected chi connectivity index (χ4v) is 8.32. The van der Waals surface area contributed by atoms with Crippen molar-refractivity contribution in [2.45, 2.75) is 92.8 Å². The summed E-state index contributed by atoms with van der Waals surface area (Å²) in [6.07, 6.45) is 4.55. The van der Waals surface area contributed by atoms with E-state index in [1.807, 2.05) is 73.6 Å². The second-order valence-corrected chi connectivity index (χ2v) is 15.1. The van der Waals surface area contributed by atoms with Gasteiger partial charge in [0, 0.05) is 33.6 Å². The number of rotatable bonds is 11. The van der Waals surface area contributed by atoms with Gasteiger partial charge in [0.15, 0.2) is 0 Å². The van der Waals surface area contributed by atoms with Crippen molar-refractivity contribution in [3.63, 3.8) is 0 Å². The Labute approximate surface area is 294 Å². The van der Waals surface area contributed by atoms with Gasteiger partial charge >= 0.3 is 0 Å². The Morgan fingerprint density at radius 3 is 2.59 bits per heavy atom. The number of hydrogen-bond donors (Lipinski definition) is 5. The van der Waals surface area contributed by atoms with Crippen molar-refractivity contribution < 1.29 is 24.1 Å². The molecule has 0 aromatic heterocycles. The number of amides is 1. The van der Waals surface area contributed by atoms with Crippen LogP contribution in [-0.4, -0.2) is 63.6 Å². The first-order valence-corrected chi connectivity index (χ1v) is 19.0. The van der Waals surface area contributed by atoms with Crippen LogP contribution in [0.4, 0.5) is 11.4 Å². The summed E-state index contributed by atoms with van der Waals surface area (Å²) < 4.78 is 41.2. The molecule has 3 aliphatic rings. The molecule has 272 valence electrons. The van der Waals surface area contributed by atoms with Crippen molar-refractivity contribution in [3.05, 3.63) is 81.1 Å². The summed E-state index contributed by atoms with van der Waals surface area (Å²) in [6, 6.07) is 10.1. The lowest BCUT2D eigenvalue weighted by atomic mass is 9.69. The quantitative estimate of drug-likeness (QED) is 0.149. The number of hydrogen-bond acceptors (Lipinski definition) is 9. The fraction of sp³-hybridized carbons (Fsp3) is 0.541. The summed E-state index contributed by atoms with van der Waals surface area (Å²) in [7, 11) is -3.85. The molecule has 5 rings (SSSR count). The van der Waals surface area contributed by atoms with E-state index in [2.05, 4.69) is 33.5 Å². The van der Waals surface area contributed by atoms with Gasteiger partial charge in [0.05, 0.1) is 36.0 Å². The largest absolute Gasteiger partial charge is 0.474 e. The molecule has 3 aliphatic heterocycles. The maximum Gasteiger partial charge on any atom is 0.248 e. The molecule has 6 N–H and O–H groups in total. The number of benzene rings is 2. The molecule has 3 atom stereocenters. The van der Waals surface area contributed by atoms with Crippen molar-refractivity contribution in [2.75, 3.05) is 43.6 Å². The lowest BCUT2D eigenvalue weighted by Crippen LogP contribution is -2.46. The summed E-state index contributed by atoms with van der Waals surface area (Å²) in [5.74, 6) is 5.90. The Balaban J connectivity index is 0.00000221. The van der Waals surface area contributed by atoms with Gasteiger partial charge < -0.3 is 30.8 Å². The van der Waals surface area contributed by atoms with Crippen molar-refractivity contribution in [1.29, 1.82) is 0 Å². The zero-order chi connectivity index (χ0) is 35.9. The van der Waals surface area contributed by atoms with Crippen LogP contribution in [0.25, 0.3) is 0 Å². The molecule has 2 aromatic carbocycles. The van der Waals surface area contributed by atoms with Crippen molar-refractivity contribution in [1.82, 2.24) is 14.9 Å². The topological polar surface area (TPSA) is 147 Å². The highest BCUT2D eigenvalue weighted by Crippen LogP contribution is 2.45. The van der Waals surface area contributed by atoms with Gasteiger partial charge in [0.25, 0.3) is 0 Å². The van der Waals surface area contributed by atoms with Gasteiger partial charge in [-0.3, -0.25) is 10.6 Å². The second-order valence-electron chi connectivity index (χ2n) is 13.2. The number of sulfonamides is 1. The van der Waals surface area contributed by atoms with Gasteiger partial charge in [0.2, 0.25) is 21.8 Å². The molecular formula is C37H58N6O5S. The average Bonchev–Trinajstić information content (AvgIpc) is 3.57. The average molecular weight is 699 g/mol. The lowest BCUT2D eigenvalue weighted by molar-refractivity contribution is -0.130. The van der Waals surface area contributed by atoms with E-state index < -0.39 is 15.4 Å². The highest BCUT2D eigenvalue weighted by atomic mass is 32.2. The Kier molecular flexibility index (Phi) is 12.8. The van der Waals surface area contributed by atoms with Gasteiger partial charge in [-0.05, 0) is 73.6 Å². The maximum atomic E-state index is 14.1. The minimum absolute atomic E-state index is 0. The van der Waals surface area contributed by atoms with E-state index in [9.17, 15) is 13.2 Å². The lowest BCUT2D eigenvalue weighted by Gasteiger charge is -2.36. The Morgan fingerprint density at radius 2 is 1.94 bits per heavy atom. The van der Waals surface area contributed by atoms with Gasteiger partial charge in [-0.25, -0.2) is 8.42 Å². The van der Waals surface area contributed by atoms with Gasteiger partial charge in [0.1, 0.15) is 11.0 Å². The first-order chi connectivity index (χ1) is 23.4. The van der Waals surface area contributed by atoms with Crippen molar-refractivity contribution in [3.8, 4) is 0 Å². The zero-order valence-corrected chi connectivity index (χ0v) is 31.2. The molecule has 0 spiro atoms. The van der Waals surface area contributed by atoms with Crippen LogP contribution in [0.5, 0.6) is 0 Å². The van der Waals surface area contributed by atoms with Crippen molar-refractivity contribution >= 4 is 27.3 Å². The Morgan fingerprint density at radius 1 is 1.18 bits per heavy atom. The third kappa shape index (κ3) is 8.09. The number of carbonyl (C=O) groups excluding carboxylic acids is 1. The van der Waals surface area contributed by atoms with Gasteiger partial charge in [-0.2, -0.15) is 4.31 Å². The Bertz CT molecular complexity index is 1660. The molecule has 0 radical (unpaired) electrons. The minimum Gasteiger partial charge on any atom is -0.474 e. The minimum atomic E-state index is -3.85. The number of carbonyl (C=O) groups is 1. The predicted octanol–water partition coefficient (Wildman–Crippen LogP) is 5.63. The smallest absolute Gasteiger partial charge is 0.248 e. The summed E-state index contributed by atoms with van der Waals surface area (Å²) >= 11 is 0. The maximum absolute atomic E-state index is 14.1. The van der Waals surface area contributed by atoms with Crippen LogP contribution in [-0.2, 0) is 30.8 Å². The summed E-state index contributed by atoms with van der Waals surface area (Å²) in [4.78, 5) is 14.3. The third-order valence-electron chi connectivity index (χ3n) is 9.59. The first-order valence-electron chi connectivity index (χ1n) is 17.6. The molecular weight excluding hydrogens is 641 g/mol. The molecule has 12 heteroatoms. The standard InChI is InChI=1S/C35H50N6O5S.C2H6.H2/c1-7-27-20-41(47(43,44)30-10-9-16-38-33(30)46-27)19-25-18-24(12-11-22(25)3)31(35(5,6)34(42)39-26-15-17-45-21-26)28-13-14-29(37-8-2)32(40-36)23(28)4;1-2;/h9-14,18,26-27,31,37-38,40H,7-8,15-17,19-21,36H2,1-6H3,(H,39,42);1-2H3;1H/t26-,27-,31+;;/m1../s1. The molecule has 0 unspecified atom stereocenters. The van der Waals surface area contributed by atoms with E-state index in [-0.39, 0.29) is 43.4 Å². The second kappa shape index (κ2) is 16.4. The van der Waals surface area contributed by atoms with E-state index in [1.165, 1.54) is 4.31 Å². The first kappa shape index (κ1) is 38.2. The third-order valence-corrected chi connectivity index (χ3v) is 11.4. The number of ether oxygens (including phenoxy) is 2.